The van der Waals surface area contributed by atoms with Crippen LogP contribution in [0.3, 0.4) is 0 Å². The first kappa shape index (κ1) is 24.9. The van der Waals surface area contributed by atoms with E-state index in [2.05, 4.69) is 36.6 Å². The van der Waals surface area contributed by atoms with Gasteiger partial charge in [0.15, 0.2) is 5.78 Å². The van der Waals surface area contributed by atoms with Gasteiger partial charge in [0.2, 0.25) is 0 Å². The summed E-state index contributed by atoms with van der Waals surface area (Å²) in [5.74, 6) is 0.210. The van der Waals surface area contributed by atoms with Crippen molar-refractivity contribution in [2.45, 2.75) is 71.3 Å². The van der Waals surface area contributed by atoms with Gasteiger partial charge in [-0.2, -0.15) is 0 Å². The molecular formula is C30H38N4O. The number of nitrogens with one attached hydrogen (secondary N) is 2. The van der Waals surface area contributed by atoms with E-state index >= 15 is 0 Å². The van der Waals surface area contributed by atoms with Crippen molar-refractivity contribution in [3.63, 3.8) is 0 Å². The molecule has 1 heterocycles. The maximum Gasteiger partial charge on any atom is 0.184 e. The third-order valence-electron chi connectivity index (χ3n) is 7.85. The van der Waals surface area contributed by atoms with Crippen molar-refractivity contribution < 1.29 is 4.79 Å². The molecule has 4 rings (SSSR count). The zero-order valence-electron chi connectivity index (χ0n) is 21.0. The molecule has 0 amide bonds. The molecule has 0 radical (unpaired) electrons. The molecule has 0 spiro atoms. The molecule has 2 atom stereocenters. The number of nitrogens with two attached hydrogens (primary N) is 1. The number of fused-ring (bicyclic) bond motifs is 1. The molecule has 3 aromatic rings. The van der Waals surface area contributed by atoms with Crippen LogP contribution in [0.4, 0.5) is 0 Å². The lowest BCUT2D eigenvalue weighted by Gasteiger charge is -2.25. The Bertz CT molecular complexity index is 1200. The molecule has 0 bridgehead atoms. The van der Waals surface area contributed by atoms with Crippen LogP contribution in [0.5, 0.6) is 0 Å². The largest absolute Gasteiger partial charge is 0.384 e. The van der Waals surface area contributed by atoms with Crippen molar-refractivity contribution in [3.8, 4) is 0 Å². The van der Waals surface area contributed by atoms with Crippen LogP contribution >= 0.6 is 0 Å². The third-order valence-corrected chi connectivity index (χ3v) is 7.85. The van der Waals surface area contributed by atoms with Crippen LogP contribution in [0.1, 0.15) is 75.1 Å². The lowest BCUT2D eigenvalue weighted by molar-refractivity contribution is -0.115. The van der Waals surface area contributed by atoms with Crippen molar-refractivity contribution in [1.29, 1.82) is 10.8 Å². The van der Waals surface area contributed by atoms with Gasteiger partial charge in [-0.05, 0) is 68.0 Å². The molecule has 0 aliphatic heterocycles. The van der Waals surface area contributed by atoms with E-state index in [0.717, 1.165) is 60.7 Å². The lowest BCUT2D eigenvalue weighted by atomic mass is 9.77. The van der Waals surface area contributed by atoms with E-state index in [-0.39, 0.29) is 23.5 Å². The standard InChI is InChI=1S/C30H38N4O/c1-3-20(16-17-25-18-23-14-15-24(30(32)33)19-26(23)34(25)4-2)28(31)29(35)27(22-12-8-9-13-22)21-10-6-5-7-11-21/h5-7,10-11,14-15,18-20,22,27,31H,3-4,8-9,12-13,16-17H2,1-2H3,(H3,32,33)/t20-,27?/m0/s1. The zero-order valence-corrected chi connectivity index (χ0v) is 21.0. The van der Waals surface area contributed by atoms with E-state index in [1.54, 1.807) is 0 Å². The van der Waals surface area contributed by atoms with E-state index in [9.17, 15) is 4.79 Å². The number of hydrogen-bond acceptors (Lipinski definition) is 3. The second-order valence-electron chi connectivity index (χ2n) is 9.92. The Morgan fingerprint density at radius 3 is 2.40 bits per heavy atom. The Hall–Kier alpha value is -3.21. The molecule has 1 unspecified atom stereocenters. The highest BCUT2D eigenvalue weighted by Gasteiger charge is 2.35. The molecule has 4 N–H and O–H groups in total. The number of aromatic nitrogens is 1. The predicted molar refractivity (Wildman–Crippen MR) is 145 cm³/mol. The van der Waals surface area contributed by atoms with E-state index < -0.39 is 0 Å². The van der Waals surface area contributed by atoms with Gasteiger partial charge in [-0.15, -0.1) is 0 Å². The van der Waals surface area contributed by atoms with Gasteiger partial charge < -0.3 is 15.7 Å². The first-order chi connectivity index (χ1) is 16.9. The summed E-state index contributed by atoms with van der Waals surface area (Å²) in [4.78, 5) is 13.7. The fourth-order valence-corrected chi connectivity index (χ4v) is 5.89. The lowest BCUT2D eigenvalue weighted by Crippen LogP contribution is -2.31. The summed E-state index contributed by atoms with van der Waals surface area (Å²) in [6, 6.07) is 18.2. The molecule has 5 nitrogen and oxygen atoms in total. The monoisotopic (exact) mass is 470 g/mol. The van der Waals surface area contributed by atoms with Crippen LogP contribution in [0.15, 0.2) is 54.6 Å². The molecule has 1 saturated carbocycles. The highest BCUT2D eigenvalue weighted by atomic mass is 16.1. The molecule has 1 aliphatic rings. The number of rotatable bonds is 11. The quantitative estimate of drug-likeness (QED) is 0.221. The fraction of sp³-hybridized carbons (Fsp3) is 0.433. The van der Waals surface area contributed by atoms with Crippen molar-refractivity contribution >= 4 is 28.2 Å². The predicted octanol–water partition coefficient (Wildman–Crippen LogP) is 6.47. The fourth-order valence-electron chi connectivity index (χ4n) is 5.89. The van der Waals surface area contributed by atoms with Gasteiger partial charge in [-0.25, -0.2) is 0 Å². The number of Topliss-reactive ketones (excluding diaryl/α,β-unsaturated/α-hetero) is 1. The van der Waals surface area contributed by atoms with Crippen molar-refractivity contribution in [3.05, 3.63) is 71.4 Å². The summed E-state index contributed by atoms with van der Waals surface area (Å²) in [5, 5.41) is 17.9. The summed E-state index contributed by atoms with van der Waals surface area (Å²) in [7, 11) is 0. The summed E-state index contributed by atoms with van der Waals surface area (Å²) in [5.41, 5.74) is 10.1. The van der Waals surface area contributed by atoms with Gasteiger partial charge in [0.1, 0.15) is 5.84 Å². The minimum absolute atomic E-state index is 0.0251. The molecule has 35 heavy (non-hydrogen) atoms. The van der Waals surface area contributed by atoms with Gasteiger partial charge in [-0.1, -0.05) is 62.2 Å². The second-order valence-corrected chi connectivity index (χ2v) is 9.92. The summed E-state index contributed by atoms with van der Waals surface area (Å²) < 4.78 is 2.27. The zero-order chi connectivity index (χ0) is 24.9. The Morgan fingerprint density at radius 2 is 1.77 bits per heavy atom. The van der Waals surface area contributed by atoms with E-state index in [1.807, 2.05) is 36.4 Å². The first-order valence-corrected chi connectivity index (χ1v) is 13.1. The Kier molecular flexibility index (Phi) is 7.84. The Balaban J connectivity index is 1.54. The van der Waals surface area contributed by atoms with Crippen LogP contribution < -0.4 is 5.73 Å². The number of nitrogens with zero attached hydrogens (tertiary/aromatic N) is 1. The summed E-state index contributed by atoms with van der Waals surface area (Å²) >= 11 is 0. The first-order valence-electron chi connectivity index (χ1n) is 13.1. The van der Waals surface area contributed by atoms with Gasteiger partial charge >= 0.3 is 0 Å². The van der Waals surface area contributed by atoms with E-state index in [0.29, 0.717) is 11.6 Å². The van der Waals surface area contributed by atoms with Crippen LogP contribution in [-0.2, 0) is 17.8 Å². The van der Waals surface area contributed by atoms with Crippen molar-refractivity contribution in [2.75, 3.05) is 0 Å². The molecular weight excluding hydrogens is 432 g/mol. The molecule has 0 saturated heterocycles. The molecule has 2 aromatic carbocycles. The van der Waals surface area contributed by atoms with Gasteiger partial charge in [0.05, 0.1) is 11.6 Å². The molecule has 5 heteroatoms. The van der Waals surface area contributed by atoms with Crippen LogP contribution in [-0.4, -0.2) is 21.9 Å². The van der Waals surface area contributed by atoms with Crippen molar-refractivity contribution in [2.24, 2.45) is 17.6 Å². The molecule has 184 valence electrons. The maximum absolute atomic E-state index is 13.7. The highest BCUT2D eigenvalue weighted by Crippen LogP contribution is 2.39. The smallest absolute Gasteiger partial charge is 0.184 e. The van der Waals surface area contributed by atoms with Gasteiger partial charge in [0.25, 0.3) is 0 Å². The maximum atomic E-state index is 13.7. The number of hydrogen-bond donors (Lipinski definition) is 3. The highest BCUT2D eigenvalue weighted by molar-refractivity contribution is 6.41. The minimum atomic E-state index is -0.188. The minimum Gasteiger partial charge on any atom is -0.384 e. The third kappa shape index (κ3) is 5.24. The molecule has 1 aromatic heterocycles. The number of carbonyl (C=O) groups is 1. The Labute approximate surface area is 208 Å². The summed E-state index contributed by atoms with van der Waals surface area (Å²) in [6.07, 6.45) is 6.90. The average molecular weight is 471 g/mol. The summed E-state index contributed by atoms with van der Waals surface area (Å²) in [6.45, 7) is 5.04. The van der Waals surface area contributed by atoms with Crippen LogP contribution in [0.2, 0.25) is 0 Å². The van der Waals surface area contributed by atoms with E-state index in [4.69, 9.17) is 16.6 Å². The van der Waals surface area contributed by atoms with Gasteiger partial charge in [0, 0.05) is 29.2 Å². The number of carbonyl (C=O) groups excluding carboxylic acids is 1. The SMILES string of the molecule is CC[C@@H](CCc1cc2ccc(C(=N)N)cc2n1CC)C(=N)C(=O)C(c1ccccc1)C1CCCC1. The number of benzene rings is 2. The van der Waals surface area contributed by atoms with E-state index in [1.165, 1.54) is 18.5 Å². The number of aryl methyl sites for hydroxylation is 2. The Morgan fingerprint density at radius 1 is 1.06 bits per heavy atom. The number of amidine groups is 1. The topological polar surface area (TPSA) is 95.7 Å². The molecule has 1 aliphatic carbocycles. The number of ketones is 1. The van der Waals surface area contributed by atoms with Crippen molar-refractivity contribution in [1.82, 2.24) is 4.57 Å². The van der Waals surface area contributed by atoms with Crippen LogP contribution in [0.25, 0.3) is 10.9 Å². The molecule has 1 fully saturated rings. The number of nitrogen functional groups attached to an aromatic ring is 1. The van der Waals surface area contributed by atoms with Crippen LogP contribution in [0, 0.1) is 22.7 Å². The average Bonchev–Trinajstić information content (AvgIpc) is 3.52. The normalized spacial score (nSPS) is 15.8. The second kappa shape index (κ2) is 11.0. The van der Waals surface area contributed by atoms with Gasteiger partial charge in [-0.3, -0.25) is 10.2 Å².